The Morgan fingerprint density at radius 1 is 1.26 bits per heavy atom. The number of halogens is 1. The molecule has 4 nitrogen and oxygen atoms in total. The van der Waals surface area contributed by atoms with E-state index in [1.807, 2.05) is 13.1 Å². The van der Waals surface area contributed by atoms with Crippen LogP contribution in [0.15, 0.2) is 16.6 Å². The van der Waals surface area contributed by atoms with Gasteiger partial charge in [0.05, 0.1) is 16.9 Å². The van der Waals surface area contributed by atoms with Crippen molar-refractivity contribution in [3.63, 3.8) is 0 Å². The van der Waals surface area contributed by atoms with Gasteiger partial charge < -0.3 is 10.2 Å². The summed E-state index contributed by atoms with van der Waals surface area (Å²) in [6, 6.07) is 3.58. The third kappa shape index (κ3) is 2.81. The monoisotopic (exact) mass is 324 g/mol. The van der Waals surface area contributed by atoms with Crippen LogP contribution in [0.25, 0.3) is 0 Å². The average Bonchev–Trinajstić information content (AvgIpc) is 2.65. The molecule has 1 aliphatic rings. The van der Waals surface area contributed by atoms with Crippen molar-refractivity contribution in [1.82, 2.24) is 0 Å². The van der Waals surface area contributed by atoms with Crippen molar-refractivity contribution in [2.24, 2.45) is 0 Å². The molecular weight excluding hydrogens is 308 g/mol. The van der Waals surface area contributed by atoms with E-state index in [4.69, 9.17) is 0 Å². The highest BCUT2D eigenvalue weighted by Crippen LogP contribution is 2.34. The van der Waals surface area contributed by atoms with Gasteiger partial charge in [-0.05, 0) is 34.5 Å². The summed E-state index contributed by atoms with van der Waals surface area (Å²) in [6.45, 7) is 3.12. The normalized spacial score (nSPS) is 13.4. The lowest BCUT2D eigenvalue weighted by molar-refractivity contribution is -0.112. The summed E-state index contributed by atoms with van der Waals surface area (Å²) in [5.41, 5.74) is 2.04. The van der Waals surface area contributed by atoms with E-state index in [2.05, 4.69) is 33.1 Å². The predicted octanol–water partition coefficient (Wildman–Crippen LogP) is 3.21. The predicted molar refractivity (Wildman–Crippen MR) is 79.9 cm³/mol. The Morgan fingerprint density at radius 3 is 2.68 bits per heavy atom. The van der Waals surface area contributed by atoms with Crippen molar-refractivity contribution in [2.45, 2.75) is 26.2 Å². The number of anilines is 2. The molecule has 0 atom stereocenters. The largest absolute Gasteiger partial charge is 0.374 e. The van der Waals surface area contributed by atoms with Gasteiger partial charge in [-0.25, -0.2) is 0 Å². The zero-order chi connectivity index (χ0) is 14.0. The quantitative estimate of drug-likeness (QED) is 0.668. The molecule has 1 heterocycles. The minimum absolute atomic E-state index is 0.447. The third-order valence-corrected chi connectivity index (χ3v) is 3.93. The van der Waals surface area contributed by atoms with Crippen LogP contribution in [-0.4, -0.2) is 25.3 Å². The molecule has 0 spiro atoms. The number of amides is 1. The summed E-state index contributed by atoms with van der Waals surface area (Å²) in [5.74, 6) is -1.01. The number of carbonyl (C=O) groups excluding carboxylic acids is 2. The summed E-state index contributed by atoms with van der Waals surface area (Å²) in [7, 11) is 2.01. The average molecular weight is 325 g/mol. The minimum Gasteiger partial charge on any atom is -0.374 e. The maximum atomic E-state index is 11.6. The van der Waals surface area contributed by atoms with E-state index in [1.54, 1.807) is 6.07 Å². The van der Waals surface area contributed by atoms with Crippen LogP contribution in [0.2, 0.25) is 0 Å². The second-order valence-electron chi connectivity index (χ2n) is 4.76. The van der Waals surface area contributed by atoms with Gasteiger partial charge >= 0.3 is 0 Å². The van der Waals surface area contributed by atoms with E-state index in [9.17, 15) is 9.59 Å². The molecule has 0 bridgehead atoms. The first-order valence-electron chi connectivity index (χ1n) is 6.45. The number of ketones is 1. The van der Waals surface area contributed by atoms with E-state index < -0.39 is 11.7 Å². The van der Waals surface area contributed by atoms with E-state index in [-0.39, 0.29) is 0 Å². The zero-order valence-corrected chi connectivity index (χ0v) is 12.7. The fourth-order valence-corrected chi connectivity index (χ4v) is 2.81. The number of hydrogen-bond acceptors (Lipinski definition) is 3. The summed E-state index contributed by atoms with van der Waals surface area (Å²) in [6.07, 6.45) is 3.51. The van der Waals surface area contributed by atoms with Gasteiger partial charge in [-0.3, -0.25) is 9.59 Å². The topological polar surface area (TPSA) is 49.4 Å². The smallest absolute Gasteiger partial charge is 0.296 e. The molecule has 0 saturated carbocycles. The Balaban J connectivity index is 2.22. The Bertz CT molecular complexity index is 528. The first-order valence-corrected chi connectivity index (χ1v) is 7.24. The standard InChI is InChI=1S/C14H17BrN2O2/c1-3-4-5-6-17(2)12-8-11-9(7-10(12)15)13(18)14(19)16-11/h7-8H,3-6H2,1-2H3,(H,16,18,19). The van der Waals surface area contributed by atoms with Crippen molar-refractivity contribution < 1.29 is 9.59 Å². The van der Waals surface area contributed by atoms with Gasteiger partial charge in [0.15, 0.2) is 0 Å². The van der Waals surface area contributed by atoms with Gasteiger partial charge in [0.1, 0.15) is 0 Å². The van der Waals surface area contributed by atoms with Gasteiger partial charge in [0, 0.05) is 18.1 Å². The van der Waals surface area contributed by atoms with Crippen molar-refractivity contribution in [1.29, 1.82) is 0 Å². The van der Waals surface area contributed by atoms with Crippen LogP contribution in [0.4, 0.5) is 11.4 Å². The molecule has 102 valence electrons. The maximum Gasteiger partial charge on any atom is 0.296 e. The first kappa shape index (κ1) is 14.1. The summed E-state index contributed by atoms with van der Waals surface area (Å²) in [5, 5.41) is 2.60. The highest BCUT2D eigenvalue weighted by atomic mass is 79.9. The number of nitrogens with zero attached hydrogens (tertiary/aromatic N) is 1. The molecule has 1 amide bonds. The molecule has 0 fully saturated rings. The molecule has 5 heteroatoms. The number of rotatable bonds is 5. The Labute approximate surface area is 121 Å². The van der Waals surface area contributed by atoms with Gasteiger partial charge in [0.2, 0.25) is 0 Å². The van der Waals surface area contributed by atoms with Gasteiger partial charge in [0.25, 0.3) is 11.7 Å². The SMILES string of the molecule is CCCCCN(C)c1cc2c(cc1Br)C(=O)C(=O)N2. The number of Topliss-reactive ketones (excluding diaryl/α,β-unsaturated/α-hetero) is 1. The van der Waals surface area contributed by atoms with Gasteiger partial charge in [-0.1, -0.05) is 19.8 Å². The van der Waals surface area contributed by atoms with E-state index >= 15 is 0 Å². The van der Waals surface area contributed by atoms with Crippen molar-refractivity contribution in [3.05, 3.63) is 22.2 Å². The van der Waals surface area contributed by atoms with Crippen molar-refractivity contribution in [2.75, 3.05) is 23.8 Å². The summed E-state index contributed by atoms with van der Waals surface area (Å²) in [4.78, 5) is 25.1. The Kier molecular flexibility index (Phi) is 4.24. The molecule has 2 rings (SSSR count). The lowest BCUT2D eigenvalue weighted by Crippen LogP contribution is -2.19. The van der Waals surface area contributed by atoms with E-state index in [0.717, 1.165) is 23.1 Å². The fourth-order valence-electron chi connectivity index (χ4n) is 2.17. The summed E-state index contributed by atoms with van der Waals surface area (Å²) >= 11 is 3.47. The second-order valence-corrected chi connectivity index (χ2v) is 5.62. The van der Waals surface area contributed by atoms with Crippen LogP contribution in [0.5, 0.6) is 0 Å². The molecule has 0 radical (unpaired) electrons. The minimum atomic E-state index is -0.548. The lowest BCUT2D eigenvalue weighted by atomic mass is 10.1. The molecule has 1 aromatic rings. The highest BCUT2D eigenvalue weighted by Gasteiger charge is 2.29. The molecule has 1 aromatic carbocycles. The number of hydrogen-bond donors (Lipinski definition) is 1. The zero-order valence-electron chi connectivity index (χ0n) is 11.1. The van der Waals surface area contributed by atoms with Gasteiger partial charge in [-0.15, -0.1) is 0 Å². The molecule has 0 unspecified atom stereocenters. The van der Waals surface area contributed by atoms with Crippen LogP contribution >= 0.6 is 15.9 Å². The first-order chi connectivity index (χ1) is 9.04. The van der Waals surface area contributed by atoms with Crippen molar-refractivity contribution in [3.8, 4) is 0 Å². The van der Waals surface area contributed by atoms with Crippen LogP contribution in [0.1, 0.15) is 36.5 Å². The number of nitrogens with one attached hydrogen (secondary N) is 1. The number of unbranched alkanes of at least 4 members (excludes halogenated alkanes) is 2. The number of fused-ring (bicyclic) bond motifs is 1. The molecule has 0 aliphatic carbocycles. The molecule has 19 heavy (non-hydrogen) atoms. The van der Waals surface area contributed by atoms with Crippen LogP contribution in [-0.2, 0) is 4.79 Å². The molecule has 1 aliphatic heterocycles. The van der Waals surface area contributed by atoms with E-state index in [0.29, 0.717) is 11.3 Å². The second kappa shape index (κ2) is 5.74. The van der Waals surface area contributed by atoms with Crippen molar-refractivity contribution >= 4 is 39.0 Å². The molecular formula is C14H17BrN2O2. The molecule has 0 aromatic heterocycles. The fraction of sp³-hybridized carbons (Fsp3) is 0.429. The Hall–Kier alpha value is -1.36. The molecule has 0 saturated heterocycles. The maximum absolute atomic E-state index is 11.6. The Morgan fingerprint density at radius 2 is 2.00 bits per heavy atom. The van der Waals surface area contributed by atoms with Crippen LogP contribution in [0, 0.1) is 0 Å². The molecule has 1 N–H and O–H groups in total. The number of carbonyl (C=O) groups is 2. The van der Waals surface area contributed by atoms with Crippen LogP contribution in [0.3, 0.4) is 0 Å². The van der Waals surface area contributed by atoms with Crippen LogP contribution < -0.4 is 10.2 Å². The summed E-state index contributed by atoms with van der Waals surface area (Å²) < 4.78 is 0.843. The van der Waals surface area contributed by atoms with Gasteiger partial charge in [-0.2, -0.15) is 0 Å². The number of benzene rings is 1. The lowest BCUT2D eigenvalue weighted by Gasteiger charge is -2.21. The third-order valence-electron chi connectivity index (χ3n) is 3.29. The highest BCUT2D eigenvalue weighted by molar-refractivity contribution is 9.10. The van der Waals surface area contributed by atoms with E-state index in [1.165, 1.54) is 12.8 Å².